The van der Waals surface area contributed by atoms with Crippen molar-refractivity contribution >= 4 is 22.9 Å². The molecule has 122 valence electrons. The molecule has 5 heteroatoms. The fourth-order valence-electron chi connectivity index (χ4n) is 2.93. The lowest BCUT2D eigenvalue weighted by Gasteiger charge is -2.31. The Morgan fingerprint density at radius 2 is 2.09 bits per heavy atom. The zero-order valence-corrected chi connectivity index (χ0v) is 13.9. The summed E-state index contributed by atoms with van der Waals surface area (Å²) in [6.07, 6.45) is 2.12. The summed E-state index contributed by atoms with van der Waals surface area (Å²) >= 11 is 1.44. The van der Waals surface area contributed by atoms with Crippen LogP contribution in [0.4, 0.5) is 5.69 Å². The molecule has 2 heterocycles. The number of amides is 1. The molecule has 0 spiro atoms. The number of likely N-dealkylation sites (tertiary alicyclic amines) is 1. The van der Waals surface area contributed by atoms with Crippen molar-refractivity contribution in [1.82, 2.24) is 4.90 Å². The summed E-state index contributed by atoms with van der Waals surface area (Å²) in [6.45, 7) is 3.24. The van der Waals surface area contributed by atoms with Crippen LogP contribution in [0.25, 0.3) is 0 Å². The van der Waals surface area contributed by atoms with Crippen molar-refractivity contribution in [3.8, 4) is 0 Å². The summed E-state index contributed by atoms with van der Waals surface area (Å²) in [7, 11) is 0. The second kappa shape index (κ2) is 7.73. The number of hydrogen-bond acceptors (Lipinski definition) is 4. The predicted octanol–water partition coefficient (Wildman–Crippen LogP) is 3.20. The maximum atomic E-state index is 12.1. The minimum Gasteiger partial charge on any atom is -0.396 e. The molecule has 4 nitrogen and oxygen atoms in total. The quantitative estimate of drug-likeness (QED) is 0.885. The van der Waals surface area contributed by atoms with E-state index in [1.807, 2.05) is 35.7 Å². The summed E-state index contributed by atoms with van der Waals surface area (Å²) in [5, 5.41) is 14.1. The molecule has 1 fully saturated rings. The van der Waals surface area contributed by atoms with E-state index >= 15 is 0 Å². The van der Waals surface area contributed by atoms with Gasteiger partial charge in [-0.3, -0.25) is 9.69 Å². The molecule has 0 aliphatic carbocycles. The molecule has 2 N–H and O–H groups in total. The molecule has 0 saturated carbocycles. The van der Waals surface area contributed by atoms with Crippen LogP contribution >= 0.6 is 11.3 Å². The molecule has 0 unspecified atom stereocenters. The highest BCUT2D eigenvalue weighted by Crippen LogP contribution is 2.20. The molecule has 23 heavy (non-hydrogen) atoms. The Bertz CT molecular complexity index is 634. The maximum Gasteiger partial charge on any atom is 0.265 e. The highest BCUT2D eigenvalue weighted by Gasteiger charge is 2.18. The number of aliphatic hydroxyl groups is 1. The molecule has 1 amide bonds. The Labute approximate surface area is 140 Å². The highest BCUT2D eigenvalue weighted by atomic mass is 32.1. The number of hydrogen-bond donors (Lipinski definition) is 2. The Kier molecular flexibility index (Phi) is 5.43. The minimum atomic E-state index is -0.0547. The van der Waals surface area contributed by atoms with Crippen LogP contribution in [0.2, 0.25) is 0 Å². The summed E-state index contributed by atoms with van der Waals surface area (Å²) in [5.74, 6) is 0.406. The molecule has 0 radical (unpaired) electrons. The second-order valence-electron chi connectivity index (χ2n) is 6.03. The SMILES string of the molecule is O=C(Nc1cccc(CN2CCC(CO)CC2)c1)c1cccs1. The molecule has 1 aromatic heterocycles. The Balaban J connectivity index is 1.58. The minimum absolute atomic E-state index is 0.0547. The van der Waals surface area contributed by atoms with Crippen LogP contribution in [0.3, 0.4) is 0 Å². The maximum absolute atomic E-state index is 12.1. The number of nitrogens with one attached hydrogen (secondary N) is 1. The van der Waals surface area contributed by atoms with E-state index in [-0.39, 0.29) is 5.91 Å². The van der Waals surface area contributed by atoms with Crippen LogP contribution in [0, 0.1) is 5.92 Å². The van der Waals surface area contributed by atoms with E-state index < -0.39 is 0 Å². The number of nitrogens with zero attached hydrogens (tertiary/aromatic N) is 1. The molecule has 1 aromatic carbocycles. The topological polar surface area (TPSA) is 52.6 Å². The Morgan fingerprint density at radius 3 is 2.78 bits per heavy atom. The van der Waals surface area contributed by atoms with Gasteiger partial charge in [0.1, 0.15) is 0 Å². The van der Waals surface area contributed by atoms with Gasteiger partial charge in [-0.15, -0.1) is 11.3 Å². The van der Waals surface area contributed by atoms with Crippen molar-refractivity contribution in [2.24, 2.45) is 5.92 Å². The van der Waals surface area contributed by atoms with E-state index in [9.17, 15) is 9.90 Å². The van der Waals surface area contributed by atoms with Gasteiger partial charge in [0.25, 0.3) is 5.91 Å². The van der Waals surface area contributed by atoms with E-state index in [1.54, 1.807) is 0 Å². The third-order valence-corrected chi connectivity index (χ3v) is 5.17. The van der Waals surface area contributed by atoms with Gasteiger partial charge >= 0.3 is 0 Å². The van der Waals surface area contributed by atoms with Gasteiger partial charge in [-0.2, -0.15) is 0 Å². The van der Waals surface area contributed by atoms with Crippen LogP contribution in [0.1, 0.15) is 28.1 Å². The third-order valence-electron chi connectivity index (χ3n) is 4.30. The summed E-state index contributed by atoms with van der Waals surface area (Å²) in [5.41, 5.74) is 2.04. The highest BCUT2D eigenvalue weighted by molar-refractivity contribution is 7.12. The number of piperidine rings is 1. The molecular formula is C18H22N2O2S. The number of rotatable bonds is 5. The van der Waals surface area contributed by atoms with Crippen molar-refractivity contribution in [2.45, 2.75) is 19.4 Å². The second-order valence-corrected chi connectivity index (χ2v) is 6.98. The standard InChI is InChI=1S/C18H22N2O2S/c21-13-14-6-8-20(9-7-14)12-15-3-1-4-16(11-15)19-18(22)17-5-2-10-23-17/h1-5,10-11,14,21H,6-9,12-13H2,(H,19,22). The van der Waals surface area contributed by atoms with E-state index in [1.165, 1.54) is 16.9 Å². The van der Waals surface area contributed by atoms with Crippen molar-refractivity contribution in [3.63, 3.8) is 0 Å². The van der Waals surface area contributed by atoms with Gasteiger partial charge in [-0.1, -0.05) is 18.2 Å². The average Bonchev–Trinajstić information content (AvgIpc) is 3.10. The van der Waals surface area contributed by atoms with Crippen molar-refractivity contribution in [2.75, 3.05) is 25.0 Å². The zero-order valence-electron chi connectivity index (χ0n) is 13.1. The average molecular weight is 330 g/mol. The molecule has 1 aliphatic rings. The van der Waals surface area contributed by atoms with Crippen molar-refractivity contribution in [1.29, 1.82) is 0 Å². The first-order chi connectivity index (χ1) is 11.2. The molecule has 1 aliphatic heterocycles. The predicted molar refractivity (Wildman–Crippen MR) is 93.8 cm³/mol. The van der Waals surface area contributed by atoms with Gasteiger partial charge in [-0.05, 0) is 61.0 Å². The smallest absolute Gasteiger partial charge is 0.265 e. The van der Waals surface area contributed by atoms with Gasteiger partial charge in [0, 0.05) is 18.8 Å². The Morgan fingerprint density at radius 1 is 1.26 bits per heavy atom. The first kappa shape index (κ1) is 16.2. The van der Waals surface area contributed by atoms with Gasteiger partial charge in [-0.25, -0.2) is 0 Å². The van der Waals surface area contributed by atoms with Gasteiger partial charge in [0.2, 0.25) is 0 Å². The van der Waals surface area contributed by atoms with Crippen LogP contribution in [0.5, 0.6) is 0 Å². The number of carbonyl (C=O) groups is 1. The molecule has 2 aromatic rings. The fraction of sp³-hybridized carbons (Fsp3) is 0.389. The largest absolute Gasteiger partial charge is 0.396 e. The van der Waals surface area contributed by atoms with Crippen LogP contribution in [0.15, 0.2) is 41.8 Å². The van der Waals surface area contributed by atoms with E-state index in [0.29, 0.717) is 12.5 Å². The van der Waals surface area contributed by atoms with E-state index in [2.05, 4.69) is 16.3 Å². The van der Waals surface area contributed by atoms with Crippen LogP contribution in [-0.4, -0.2) is 35.6 Å². The first-order valence-electron chi connectivity index (χ1n) is 8.01. The number of anilines is 1. The summed E-state index contributed by atoms with van der Waals surface area (Å²) in [4.78, 5) is 15.2. The first-order valence-corrected chi connectivity index (χ1v) is 8.89. The summed E-state index contributed by atoms with van der Waals surface area (Å²) in [6, 6.07) is 11.8. The molecule has 0 atom stereocenters. The molecular weight excluding hydrogens is 308 g/mol. The monoisotopic (exact) mass is 330 g/mol. The number of aliphatic hydroxyl groups excluding tert-OH is 1. The third kappa shape index (κ3) is 4.41. The molecule has 1 saturated heterocycles. The zero-order chi connectivity index (χ0) is 16.1. The fourth-order valence-corrected chi connectivity index (χ4v) is 3.55. The van der Waals surface area contributed by atoms with E-state index in [0.717, 1.165) is 43.0 Å². The van der Waals surface area contributed by atoms with Crippen LogP contribution < -0.4 is 5.32 Å². The number of benzene rings is 1. The van der Waals surface area contributed by atoms with Gasteiger partial charge in [0.15, 0.2) is 0 Å². The normalized spacial score (nSPS) is 16.4. The van der Waals surface area contributed by atoms with E-state index in [4.69, 9.17) is 0 Å². The molecule has 3 rings (SSSR count). The van der Waals surface area contributed by atoms with Gasteiger partial charge < -0.3 is 10.4 Å². The van der Waals surface area contributed by atoms with Gasteiger partial charge in [0.05, 0.1) is 4.88 Å². The van der Waals surface area contributed by atoms with Crippen molar-refractivity contribution < 1.29 is 9.90 Å². The number of carbonyl (C=O) groups excluding carboxylic acids is 1. The lowest BCUT2D eigenvalue weighted by Crippen LogP contribution is -2.34. The van der Waals surface area contributed by atoms with Crippen LogP contribution in [-0.2, 0) is 6.54 Å². The lowest BCUT2D eigenvalue weighted by molar-refractivity contribution is 0.103. The Hall–Kier alpha value is -1.69. The van der Waals surface area contributed by atoms with Crippen molar-refractivity contribution in [3.05, 3.63) is 52.2 Å². The summed E-state index contributed by atoms with van der Waals surface area (Å²) < 4.78 is 0. The number of thiophene rings is 1. The lowest BCUT2D eigenvalue weighted by atomic mass is 9.97. The molecule has 0 bridgehead atoms.